The Morgan fingerprint density at radius 1 is 1.42 bits per heavy atom. The molecule has 0 aliphatic rings. The van der Waals surface area contributed by atoms with E-state index in [1.54, 1.807) is 13.8 Å². The van der Waals surface area contributed by atoms with Gasteiger partial charge >= 0.3 is 17.9 Å². The van der Waals surface area contributed by atoms with E-state index >= 15 is 0 Å². The van der Waals surface area contributed by atoms with E-state index in [2.05, 4.69) is 10.4 Å². The summed E-state index contributed by atoms with van der Waals surface area (Å²) < 4.78 is 44.7. The van der Waals surface area contributed by atoms with Crippen LogP contribution in [0.15, 0.2) is 18.2 Å². The van der Waals surface area contributed by atoms with E-state index in [-0.39, 0.29) is 5.88 Å². The van der Waals surface area contributed by atoms with Crippen molar-refractivity contribution in [3.8, 4) is 11.6 Å². The van der Waals surface area contributed by atoms with Crippen LogP contribution in [0.2, 0.25) is 0 Å². The van der Waals surface area contributed by atoms with Crippen molar-refractivity contribution < 1.29 is 27.6 Å². The second-order valence-corrected chi connectivity index (χ2v) is 5.23. The molecular formula is C15H15F3N4O4. The fourth-order valence-electron chi connectivity index (χ4n) is 2.33. The second kappa shape index (κ2) is 7.02. The van der Waals surface area contributed by atoms with E-state index in [1.807, 2.05) is 0 Å². The largest absolute Gasteiger partial charge is 0.430 e. The van der Waals surface area contributed by atoms with Gasteiger partial charge in [-0.15, -0.1) is 5.10 Å². The number of nitro benzene ring substituents is 1. The van der Waals surface area contributed by atoms with Crippen LogP contribution in [0.1, 0.15) is 23.7 Å². The van der Waals surface area contributed by atoms with Gasteiger partial charge in [0, 0.05) is 18.7 Å². The summed E-state index contributed by atoms with van der Waals surface area (Å²) in [5, 5.41) is 17.5. The van der Waals surface area contributed by atoms with E-state index in [4.69, 9.17) is 4.74 Å². The molecule has 0 unspecified atom stereocenters. The Kier molecular flexibility index (Phi) is 5.19. The predicted octanol–water partition coefficient (Wildman–Crippen LogP) is 3.66. The number of amides is 1. The normalized spacial score (nSPS) is 11.3. The van der Waals surface area contributed by atoms with Crippen molar-refractivity contribution in [2.45, 2.75) is 26.4 Å². The first-order chi connectivity index (χ1) is 12.1. The number of benzene rings is 1. The lowest BCUT2D eigenvalue weighted by molar-refractivity contribution is -0.385. The van der Waals surface area contributed by atoms with E-state index in [0.717, 1.165) is 10.7 Å². The highest BCUT2D eigenvalue weighted by atomic mass is 19.4. The fourth-order valence-corrected chi connectivity index (χ4v) is 2.33. The zero-order valence-electron chi connectivity index (χ0n) is 14.0. The molecule has 1 heterocycles. The van der Waals surface area contributed by atoms with Crippen molar-refractivity contribution in [2.24, 2.45) is 0 Å². The molecule has 0 aliphatic heterocycles. The number of halogens is 3. The number of hydrogen-bond acceptors (Lipinski definition) is 5. The van der Waals surface area contributed by atoms with Crippen LogP contribution in [0, 0.1) is 17.0 Å². The predicted molar refractivity (Wildman–Crippen MR) is 84.4 cm³/mol. The molecule has 11 heteroatoms. The number of alkyl halides is 3. The first kappa shape index (κ1) is 19.2. The summed E-state index contributed by atoms with van der Waals surface area (Å²) >= 11 is 0. The Morgan fingerprint density at radius 2 is 2.08 bits per heavy atom. The number of carbonyl (C=O) groups is 1. The summed E-state index contributed by atoms with van der Waals surface area (Å²) in [6, 6.07) is 1.38. The van der Waals surface area contributed by atoms with Gasteiger partial charge in [0.15, 0.2) is 0 Å². The minimum atomic E-state index is -4.73. The third-order valence-corrected chi connectivity index (χ3v) is 3.65. The van der Waals surface area contributed by atoms with Crippen molar-refractivity contribution in [2.75, 3.05) is 7.05 Å². The summed E-state index contributed by atoms with van der Waals surface area (Å²) in [7, 11) is 1.40. The molecule has 26 heavy (non-hydrogen) atoms. The minimum absolute atomic E-state index is 0.0866. The Balaban J connectivity index is 2.52. The first-order valence-electron chi connectivity index (χ1n) is 7.44. The second-order valence-electron chi connectivity index (χ2n) is 5.23. The van der Waals surface area contributed by atoms with Crippen LogP contribution >= 0.6 is 0 Å². The highest BCUT2D eigenvalue weighted by Gasteiger charge is 2.34. The van der Waals surface area contributed by atoms with E-state index in [0.29, 0.717) is 29.8 Å². The molecule has 0 atom stereocenters. The Hall–Kier alpha value is -3.11. The Labute approximate surface area is 145 Å². The Bertz CT molecular complexity index is 861. The van der Waals surface area contributed by atoms with Crippen LogP contribution in [0.5, 0.6) is 11.6 Å². The van der Waals surface area contributed by atoms with Gasteiger partial charge in [-0.1, -0.05) is 6.92 Å². The molecule has 1 aromatic heterocycles. The highest BCUT2D eigenvalue weighted by molar-refractivity contribution is 5.76. The van der Waals surface area contributed by atoms with Gasteiger partial charge in [-0.2, -0.15) is 17.9 Å². The number of nitrogens with zero attached hydrogens (tertiary/aromatic N) is 3. The smallest absolute Gasteiger partial charge is 0.416 e. The molecule has 1 N–H and O–H groups in total. The molecular weight excluding hydrogens is 357 g/mol. The molecule has 0 bridgehead atoms. The van der Waals surface area contributed by atoms with Crippen molar-refractivity contribution >= 4 is 11.7 Å². The van der Waals surface area contributed by atoms with Gasteiger partial charge in [0.25, 0.3) is 0 Å². The molecule has 1 amide bonds. The zero-order chi connectivity index (χ0) is 19.6. The molecule has 0 saturated heterocycles. The Morgan fingerprint density at radius 3 is 2.58 bits per heavy atom. The summed E-state index contributed by atoms with van der Waals surface area (Å²) in [6.45, 7) is 3.36. The van der Waals surface area contributed by atoms with Crippen molar-refractivity contribution in [3.63, 3.8) is 0 Å². The van der Waals surface area contributed by atoms with Crippen molar-refractivity contribution in [1.29, 1.82) is 0 Å². The number of hydrogen-bond donors (Lipinski definition) is 1. The zero-order valence-corrected chi connectivity index (χ0v) is 14.0. The average Bonchev–Trinajstić information content (AvgIpc) is 2.88. The summed E-state index contributed by atoms with van der Waals surface area (Å²) in [5.74, 6) is -0.490. The number of rotatable bonds is 4. The van der Waals surface area contributed by atoms with Crippen LogP contribution in [0.25, 0.3) is 0 Å². The van der Waals surface area contributed by atoms with Gasteiger partial charge in [-0.25, -0.2) is 4.79 Å². The van der Waals surface area contributed by atoms with Crippen LogP contribution in [0.3, 0.4) is 0 Å². The highest BCUT2D eigenvalue weighted by Crippen LogP contribution is 2.38. The van der Waals surface area contributed by atoms with Crippen molar-refractivity contribution in [3.05, 3.63) is 45.1 Å². The number of carbonyl (C=O) groups excluding carboxylic acids is 1. The molecule has 8 nitrogen and oxygen atoms in total. The third kappa shape index (κ3) is 3.60. The number of nitro groups is 1. The maximum atomic E-state index is 12.8. The molecule has 2 aromatic rings. The molecule has 0 fully saturated rings. The standard InChI is InChI=1S/C15H15F3N4O4/c1-4-10-8(2)21(14(23)19-3)20-13(10)26-12-6-5-9(15(16,17)18)7-11(12)22(24)25/h5-7H,4H2,1-3H3,(H,19,23). The molecule has 0 radical (unpaired) electrons. The van der Waals surface area contributed by atoms with Gasteiger partial charge < -0.3 is 10.1 Å². The van der Waals surface area contributed by atoms with E-state index < -0.39 is 34.1 Å². The van der Waals surface area contributed by atoms with Gasteiger partial charge in [0.1, 0.15) is 0 Å². The number of nitrogens with one attached hydrogen (secondary N) is 1. The lowest BCUT2D eigenvalue weighted by atomic mass is 10.1. The van der Waals surface area contributed by atoms with Crippen LogP contribution < -0.4 is 10.1 Å². The quantitative estimate of drug-likeness (QED) is 0.652. The molecule has 0 aliphatic carbocycles. The van der Waals surface area contributed by atoms with Crippen LogP contribution in [-0.2, 0) is 12.6 Å². The summed E-state index contributed by atoms with van der Waals surface area (Å²) in [6.07, 6.45) is -4.33. The SMILES string of the molecule is CCc1c(Oc2ccc(C(F)(F)F)cc2[N+](=O)[O-])nn(C(=O)NC)c1C. The average molecular weight is 372 g/mol. The lowest BCUT2D eigenvalue weighted by Crippen LogP contribution is -2.26. The molecule has 1 aromatic carbocycles. The summed E-state index contributed by atoms with van der Waals surface area (Å²) in [4.78, 5) is 22.0. The monoisotopic (exact) mass is 372 g/mol. The third-order valence-electron chi connectivity index (χ3n) is 3.65. The van der Waals surface area contributed by atoms with E-state index in [1.165, 1.54) is 7.05 Å². The minimum Gasteiger partial charge on any atom is -0.430 e. The maximum Gasteiger partial charge on any atom is 0.416 e. The molecule has 2 rings (SSSR count). The molecule has 0 spiro atoms. The van der Waals surface area contributed by atoms with Gasteiger partial charge in [-0.05, 0) is 25.5 Å². The summed E-state index contributed by atoms with van der Waals surface area (Å²) in [5.41, 5.74) is -1.06. The van der Waals surface area contributed by atoms with Gasteiger partial charge in [-0.3, -0.25) is 10.1 Å². The fraction of sp³-hybridized carbons (Fsp3) is 0.333. The van der Waals surface area contributed by atoms with Crippen LogP contribution in [-0.4, -0.2) is 27.8 Å². The number of ether oxygens (including phenoxy) is 1. The van der Waals surface area contributed by atoms with Gasteiger partial charge in [0.2, 0.25) is 11.6 Å². The number of aromatic nitrogens is 2. The van der Waals surface area contributed by atoms with E-state index in [9.17, 15) is 28.1 Å². The maximum absolute atomic E-state index is 12.8. The molecule has 140 valence electrons. The van der Waals surface area contributed by atoms with Crippen LogP contribution in [0.4, 0.5) is 23.7 Å². The van der Waals surface area contributed by atoms with Crippen molar-refractivity contribution in [1.82, 2.24) is 15.1 Å². The lowest BCUT2D eigenvalue weighted by Gasteiger charge is -2.09. The topological polar surface area (TPSA) is 99.3 Å². The first-order valence-corrected chi connectivity index (χ1v) is 7.44. The van der Waals surface area contributed by atoms with Gasteiger partial charge in [0.05, 0.1) is 16.2 Å². The molecule has 0 saturated carbocycles.